The van der Waals surface area contributed by atoms with Crippen molar-refractivity contribution in [1.29, 1.82) is 0 Å². The van der Waals surface area contributed by atoms with Gasteiger partial charge < -0.3 is 10.6 Å². The predicted octanol–water partition coefficient (Wildman–Crippen LogP) is 1.90. The second-order valence-corrected chi connectivity index (χ2v) is 4.68. The average molecular weight is 255 g/mol. The van der Waals surface area contributed by atoms with Crippen LogP contribution in [-0.4, -0.2) is 29.9 Å². The first-order chi connectivity index (χ1) is 7.56. The Morgan fingerprint density at radius 1 is 1.29 bits per heavy atom. The number of nitrogens with two attached hydrogens (primary N) is 1. The number of halogens is 1. The number of aryl methyl sites for hydroxylation is 2. The Hall–Kier alpha value is -1.06. The number of hydrogen-bond donors (Lipinski definition) is 1. The lowest BCUT2D eigenvalue weighted by Gasteiger charge is -2.16. The van der Waals surface area contributed by atoms with Crippen LogP contribution in [0.1, 0.15) is 27.9 Å². The topological polar surface area (TPSA) is 46.3 Å². The Kier molecular flexibility index (Phi) is 4.54. The maximum Gasteiger partial charge on any atom is 0.253 e. The molecule has 0 radical (unpaired) electrons. The molecule has 94 valence electrons. The lowest BCUT2D eigenvalue weighted by Crippen LogP contribution is -2.31. The monoisotopic (exact) mass is 254 g/mol. The summed E-state index contributed by atoms with van der Waals surface area (Å²) in [7, 11) is 0. The molecule has 3 nitrogen and oxygen atoms in total. The van der Waals surface area contributed by atoms with Crippen LogP contribution in [0, 0.1) is 13.8 Å². The Morgan fingerprint density at radius 2 is 1.88 bits per heavy atom. The van der Waals surface area contributed by atoms with E-state index in [0.29, 0.717) is 6.54 Å². The molecule has 4 heteroatoms. The summed E-state index contributed by atoms with van der Waals surface area (Å²) in [5, 5.41) is 0. The van der Waals surface area contributed by atoms with E-state index in [4.69, 9.17) is 5.73 Å². The van der Waals surface area contributed by atoms with Gasteiger partial charge in [-0.2, -0.15) is 0 Å². The standard InChI is InChI=1S/C13H18N2O.ClH/c1-9-5-10(2)7-11(6-9)13(16)15-4-3-12(14)8-15;/h5-7,12H,3-4,8,14H2,1-2H3;1H/t12-;/m0./s1. The highest BCUT2D eigenvalue weighted by molar-refractivity contribution is 5.94. The number of carbonyl (C=O) groups is 1. The molecule has 1 saturated heterocycles. The van der Waals surface area contributed by atoms with Crippen LogP contribution in [0.4, 0.5) is 0 Å². The van der Waals surface area contributed by atoms with Gasteiger partial charge >= 0.3 is 0 Å². The minimum Gasteiger partial charge on any atom is -0.337 e. The summed E-state index contributed by atoms with van der Waals surface area (Å²) in [6, 6.07) is 6.11. The van der Waals surface area contributed by atoms with E-state index in [9.17, 15) is 4.79 Å². The van der Waals surface area contributed by atoms with Gasteiger partial charge in [-0.3, -0.25) is 4.79 Å². The molecule has 1 heterocycles. The molecule has 0 bridgehead atoms. The highest BCUT2D eigenvalue weighted by atomic mass is 35.5. The number of hydrogen-bond acceptors (Lipinski definition) is 2. The molecule has 0 spiro atoms. The summed E-state index contributed by atoms with van der Waals surface area (Å²) in [6.07, 6.45) is 0.913. The fraction of sp³-hybridized carbons (Fsp3) is 0.462. The van der Waals surface area contributed by atoms with Crippen LogP contribution in [0.3, 0.4) is 0 Å². The molecule has 2 rings (SSSR count). The van der Waals surface area contributed by atoms with Gasteiger partial charge in [-0.15, -0.1) is 12.4 Å². The SMILES string of the molecule is Cc1cc(C)cc(C(=O)N2CC[C@H](N)C2)c1.Cl. The van der Waals surface area contributed by atoms with Gasteiger partial charge in [0.2, 0.25) is 0 Å². The van der Waals surface area contributed by atoms with Gasteiger partial charge in [0.05, 0.1) is 0 Å². The van der Waals surface area contributed by atoms with Gasteiger partial charge in [-0.05, 0) is 32.4 Å². The average Bonchev–Trinajstić information content (AvgIpc) is 2.62. The minimum atomic E-state index is 0. The Bertz CT molecular complexity index is 400. The molecule has 1 aliphatic heterocycles. The van der Waals surface area contributed by atoms with Crippen LogP contribution >= 0.6 is 12.4 Å². The summed E-state index contributed by atoms with van der Waals surface area (Å²) >= 11 is 0. The van der Waals surface area contributed by atoms with Crippen molar-refractivity contribution < 1.29 is 4.79 Å². The summed E-state index contributed by atoms with van der Waals surface area (Å²) < 4.78 is 0. The van der Waals surface area contributed by atoms with E-state index < -0.39 is 0 Å². The Balaban J connectivity index is 0.00000144. The Labute approximate surface area is 108 Å². The molecule has 0 unspecified atom stereocenters. The van der Waals surface area contributed by atoms with Crippen LogP contribution in [0.25, 0.3) is 0 Å². The number of carbonyl (C=O) groups excluding carboxylic acids is 1. The number of likely N-dealkylation sites (tertiary alicyclic amines) is 1. The van der Waals surface area contributed by atoms with Gasteiger partial charge in [0, 0.05) is 24.7 Å². The van der Waals surface area contributed by atoms with Crippen LogP contribution in [-0.2, 0) is 0 Å². The summed E-state index contributed by atoms with van der Waals surface area (Å²) in [4.78, 5) is 14.0. The molecular weight excluding hydrogens is 236 g/mol. The smallest absolute Gasteiger partial charge is 0.253 e. The maximum atomic E-state index is 12.2. The first kappa shape index (κ1) is 14.0. The number of nitrogens with zero attached hydrogens (tertiary/aromatic N) is 1. The van der Waals surface area contributed by atoms with Crippen molar-refractivity contribution >= 4 is 18.3 Å². The van der Waals surface area contributed by atoms with E-state index in [0.717, 1.165) is 29.7 Å². The van der Waals surface area contributed by atoms with Gasteiger partial charge in [-0.1, -0.05) is 17.2 Å². The van der Waals surface area contributed by atoms with E-state index in [2.05, 4.69) is 6.07 Å². The maximum absolute atomic E-state index is 12.2. The van der Waals surface area contributed by atoms with E-state index in [-0.39, 0.29) is 24.4 Å². The molecule has 0 aliphatic carbocycles. The summed E-state index contributed by atoms with van der Waals surface area (Å²) in [5.74, 6) is 0.111. The van der Waals surface area contributed by atoms with E-state index >= 15 is 0 Å². The van der Waals surface area contributed by atoms with Crippen LogP contribution in [0.15, 0.2) is 18.2 Å². The number of amides is 1. The van der Waals surface area contributed by atoms with Crippen molar-refractivity contribution in [3.8, 4) is 0 Å². The zero-order valence-electron chi connectivity index (χ0n) is 10.3. The van der Waals surface area contributed by atoms with E-state index in [1.165, 1.54) is 0 Å². The minimum absolute atomic E-state index is 0. The molecular formula is C13H19ClN2O. The quantitative estimate of drug-likeness (QED) is 0.832. The molecule has 1 aromatic rings. The number of benzene rings is 1. The fourth-order valence-corrected chi connectivity index (χ4v) is 2.25. The van der Waals surface area contributed by atoms with E-state index in [1.807, 2.05) is 30.9 Å². The van der Waals surface area contributed by atoms with Crippen molar-refractivity contribution in [2.45, 2.75) is 26.3 Å². The highest BCUT2D eigenvalue weighted by Crippen LogP contribution is 2.15. The fourth-order valence-electron chi connectivity index (χ4n) is 2.25. The molecule has 1 atom stereocenters. The van der Waals surface area contributed by atoms with Gasteiger partial charge in [0.25, 0.3) is 5.91 Å². The van der Waals surface area contributed by atoms with Gasteiger partial charge in [-0.25, -0.2) is 0 Å². The molecule has 0 aromatic heterocycles. The molecule has 1 aliphatic rings. The molecule has 0 saturated carbocycles. The first-order valence-corrected chi connectivity index (χ1v) is 5.69. The van der Waals surface area contributed by atoms with Crippen LogP contribution in [0.5, 0.6) is 0 Å². The van der Waals surface area contributed by atoms with Crippen molar-refractivity contribution in [3.05, 3.63) is 34.9 Å². The first-order valence-electron chi connectivity index (χ1n) is 5.69. The van der Waals surface area contributed by atoms with Crippen molar-refractivity contribution in [2.75, 3.05) is 13.1 Å². The third-order valence-electron chi connectivity index (χ3n) is 2.98. The molecule has 1 fully saturated rings. The Morgan fingerprint density at radius 3 is 2.35 bits per heavy atom. The zero-order chi connectivity index (χ0) is 11.7. The highest BCUT2D eigenvalue weighted by Gasteiger charge is 2.24. The normalized spacial score (nSPS) is 19.0. The third kappa shape index (κ3) is 3.20. The number of rotatable bonds is 1. The lowest BCUT2D eigenvalue weighted by molar-refractivity contribution is 0.0790. The van der Waals surface area contributed by atoms with Crippen LogP contribution in [0.2, 0.25) is 0 Å². The van der Waals surface area contributed by atoms with Gasteiger partial charge in [0.15, 0.2) is 0 Å². The van der Waals surface area contributed by atoms with E-state index in [1.54, 1.807) is 0 Å². The second kappa shape index (κ2) is 5.52. The largest absolute Gasteiger partial charge is 0.337 e. The molecule has 17 heavy (non-hydrogen) atoms. The molecule has 2 N–H and O–H groups in total. The van der Waals surface area contributed by atoms with Crippen molar-refractivity contribution in [3.63, 3.8) is 0 Å². The molecule has 1 aromatic carbocycles. The van der Waals surface area contributed by atoms with Gasteiger partial charge in [0.1, 0.15) is 0 Å². The second-order valence-electron chi connectivity index (χ2n) is 4.68. The zero-order valence-corrected chi connectivity index (χ0v) is 11.1. The molecule has 1 amide bonds. The predicted molar refractivity (Wildman–Crippen MR) is 71.7 cm³/mol. The lowest BCUT2D eigenvalue weighted by atomic mass is 10.1. The third-order valence-corrected chi connectivity index (χ3v) is 2.98. The summed E-state index contributed by atoms with van der Waals surface area (Å²) in [5.41, 5.74) is 8.85. The van der Waals surface area contributed by atoms with Crippen molar-refractivity contribution in [1.82, 2.24) is 4.90 Å². The van der Waals surface area contributed by atoms with Crippen LogP contribution < -0.4 is 5.73 Å². The summed E-state index contributed by atoms with van der Waals surface area (Å²) in [6.45, 7) is 5.50. The van der Waals surface area contributed by atoms with Crippen molar-refractivity contribution in [2.24, 2.45) is 5.73 Å².